The Balaban J connectivity index is 1.01. The molecule has 0 saturated heterocycles. The van der Waals surface area contributed by atoms with Gasteiger partial charge in [0, 0.05) is 22.1 Å². The quantitative estimate of drug-likeness (QED) is 0.176. The zero-order valence-corrected chi connectivity index (χ0v) is 32.1. The summed E-state index contributed by atoms with van der Waals surface area (Å²) in [6.07, 6.45) is 6.54. The van der Waals surface area contributed by atoms with E-state index < -0.39 is 0 Å². The molecule has 0 radical (unpaired) electrons. The Kier molecular flexibility index (Phi) is 7.45. The van der Waals surface area contributed by atoms with Crippen molar-refractivity contribution in [2.75, 3.05) is 0 Å². The molecule has 1 heterocycles. The van der Waals surface area contributed by atoms with E-state index in [0.717, 1.165) is 34.1 Å². The molecule has 13 rings (SSSR count). The molecular formula is C54H40N4. The molecule has 0 aliphatic heterocycles. The molecule has 7 aromatic carbocycles. The average Bonchev–Trinajstić information content (AvgIpc) is 3.57. The van der Waals surface area contributed by atoms with Crippen LogP contribution in [0.2, 0.25) is 0 Å². The van der Waals surface area contributed by atoms with Gasteiger partial charge < -0.3 is 0 Å². The van der Waals surface area contributed by atoms with Crippen LogP contribution < -0.4 is 0 Å². The molecule has 8 aromatic rings. The first-order valence-electron chi connectivity index (χ1n) is 20.8. The molecule has 1 aromatic heterocycles. The Hall–Kier alpha value is -6.70. The van der Waals surface area contributed by atoms with Crippen LogP contribution in [0.1, 0.15) is 48.8 Å². The van der Waals surface area contributed by atoms with Gasteiger partial charge in [-0.05, 0) is 129 Å². The van der Waals surface area contributed by atoms with Gasteiger partial charge in [0.05, 0.1) is 11.6 Å². The van der Waals surface area contributed by atoms with Crippen LogP contribution in [0.4, 0.5) is 0 Å². The fourth-order valence-electron chi connectivity index (χ4n) is 12.0. The van der Waals surface area contributed by atoms with Crippen molar-refractivity contribution in [1.29, 1.82) is 5.26 Å². The summed E-state index contributed by atoms with van der Waals surface area (Å²) in [4.78, 5) is 14.9. The Morgan fingerprint density at radius 3 is 1.64 bits per heavy atom. The highest BCUT2D eigenvalue weighted by atomic mass is 15.0. The summed E-state index contributed by atoms with van der Waals surface area (Å²) in [5.74, 6) is 4.80. The molecular weight excluding hydrogens is 705 g/mol. The number of nitrogens with zero attached hydrogens (tertiary/aromatic N) is 4. The summed E-state index contributed by atoms with van der Waals surface area (Å²) >= 11 is 0. The lowest BCUT2D eigenvalue weighted by Crippen LogP contribution is -2.55. The maximum atomic E-state index is 10.6. The van der Waals surface area contributed by atoms with E-state index in [1.165, 1.54) is 87.4 Å². The van der Waals surface area contributed by atoms with Crippen molar-refractivity contribution in [3.05, 3.63) is 174 Å². The first-order chi connectivity index (χ1) is 28.6. The molecule has 5 aliphatic carbocycles. The van der Waals surface area contributed by atoms with Gasteiger partial charge >= 0.3 is 0 Å². The van der Waals surface area contributed by atoms with Crippen LogP contribution in [0.25, 0.3) is 78.3 Å². The summed E-state index contributed by atoms with van der Waals surface area (Å²) in [5, 5.41) is 13.0. The van der Waals surface area contributed by atoms with E-state index in [9.17, 15) is 5.26 Å². The van der Waals surface area contributed by atoms with Gasteiger partial charge in [0.15, 0.2) is 17.5 Å². The highest BCUT2D eigenvalue weighted by Gasteiger charge is 2.62. The van der Waals surface area contributed by atoms with Gasteiger partial charge in [0.2, 0.25) is 0 Å². The van der Waals surface area contributed by atoms with E-state index in [2.05, 4.69) is 103 Å². The van der Waals surface area contributed by atoms with E-state index in [-0.39, 0.29) is 5.41 Å². The third kappa shape index (κ3) is 5.02. The SMILES string of the molecule is N#Cc1cc(-c2cccc3ccccc23)c2c(c1)C1(c3cc(-c4ccc(-c5nc(-c6ccccc6)nc(-c6ccccc6)n5)cc4)ccc3-2)C2CC3CC(C2)CC1C3. The molecule has 1 spiro atoms. The third-order valence-corrected chi connectivity index (χ3v) is 14.1. The van der Waals surface area contributed by atoms with Gasteiger partial charge in [-0.2, -0.15) is 5.26 Å². The molecule has 0 atom stereocenters. The lowest BCUT2D eigenvalue weighted by Gasteiger charge is -2.61. The second-order valence-corrected chi connectivity index (χ2v) is 17.1. The van der Waals surface area contributed by atoms with Crippen LogP contribution in [0.15, 0.2) is 158 Å². The molecule has 4 nitrogen and oxygen atoms in total. The second kappa shape index (κ2) is 12.9. The minimum atomic E-state index is -0.0905. The Morgan fingerprint density at radius 2 is 1.00 bits per heavy atom. The minimum absolute atomic E-state index is 0.0905. The van der Waals surface area contributed by atoms with Crippen molar-refractivity contribution in [2.45, 2.75) is 37.5 Å². The van der Waals surface area contributed by atoms with Crippen LogP contribution in [0.5, 0.6) is 0 Å². The minimum Gasteiger partial charge on any atom is -0.208 e. The largest absolute Gasteiger partial charge is 0.208 e. The van der Waals surface area contributed by atoms with Gasteiger partial charge in [-0.15, -0.1) is 0 Å². The summed E-state index contributed by atoms with van der Waals surface area (Å²) < 4.78 is 0. The maximum absolute atomic E-state index is 10.6. The predicted octanol–water partition coefficient (Wildman–Crippen LogP) is 13.0. The Bertz CT molecular complexity index is 2870. The van der Waals surface area contributed by atoms with E-state index in [0.29, 0.717) is 29.3 Å². The number of hydrogen-bond acceptors (Lipinski definition) is 4. The molecule has 5 aliphatic rings. The molecule has 4 saturated carbocycles. The topological polar surface area (TPSA) is 62.5 Å². The Morgan fingerprint density at radius 1 is 0.448 bits per heavy atom. The normalized spacial score (nSPS) is 22.2. The lowest BCUT2D eigenvalue weighted by atomic mass is 9.43. The van der Waals surface area contributed by atoms with Gasteiger partial charge in [-0.1, -0.05) is 140 Å². The first kappa shape index (κ1) is 33.4. The number of fused-ring (bicyclic) bond motifs is 4. The lowest BCUT2D eigenvalue weighted by molar-refractivity contribution is -0.0399. The number of nitriles is 1. The van der Waals surface area contributed by atoms with Crippen molar-refractivity contribution in [2.24, 2.45) is 23.7 Å². The smallest absolute Gasteiger partial charge is 0.164 e. The van der Waals surface area contributed by atoms with Crippen LogP contribution in [-0.4, -0.2) is 15.0 Å². The molecule has 4 fully saturated rings. The summed E-state index contributed by atoms with van der Waals surface area (Å²) in [6, 6.07) is 58.7. The zero-order chi connectivity index (χ0) is 38.4. The summed E-state index contributed by atoms with van der Waals surface area (Å²) in [6.45, 7) is 0. The molecule has 276 valence electrons. The molecule has 4 heteroatoms. The average molecular weight is 745 g/mol. The number of benzene rings is 7. The van der Waals surface area contributed by atoms with Crippen LogP contribution in [-0.2, 0) is 5.41 Å². The highest BCUT2D eigenvalue weighted by molar-refractivity contribution is 6.03. The van der Waals surface area contributed by atoms with Crippen molar-refractivity contribution in [3.8, 4) is 73.6 Å². The molecule has 4 bridgehead atoms. The van der Waals surface area contributed by atoms with Gasteiger partial charge in [-0.3, -0.25) is 0 Å². The molecule has 0 amide bonds. The fraction of sp³-hybridized carbons (Fsp3) is 0.185. The van der Waals surface area contributed by atoms with E-state index >= 15 is 0 Å². The number of rotatable bonds is 5. The van der Waals surface area contributed by atoms with Crippen LogP contribution in [0.3, 0.4) is 0 Å². The van der Waals surface area contributed by atoms with Crippen molar-refractivity contribution in [1.82, 2.24) is 15.0 Å². The second-order valence-electron chi connectivity index (χ2n) is 17.1. The first-order valence-corrected chi connectivity index (χ1v) is 20.8. The van der Waals surface area contributed by atoms with E-state index in [1.54, 1.807) is 0 Å². The standard InChI is InChI=1S/C54H40N4/c55-32-35-29-47(45-17-9-15-37-10-7-8-16-44(37)45)50-46-23-22-41(31-48(46)54(49(50)30-35)42-25-33-24-34(27-42)28-43(54)26-33)36-18-20-40(21-19-36)53-57-51(38-11-3-1-4-12-38)56-52(58-53)39-13-5-2-6-14-39/h1-23,29-31,33-34,42-43H,24-28H2. The maximum Gasteiger partial charge on any atom is 0.164 e. The van der Waals surface area contributed by atoms with Crippen molar-refractivity contribution in [3.63, 3.8) is 0 Å². The molecule has 58 heavy (non-hydrogen) atoms. The fourth-order valence-corrected chi connectivity index (χ4v) is 12.0. The van der Waals surface area contributed by atoms with Crippen LogP contribution >= 0.6 is 0 Å². The van der Waals surface area contributed by atoms with Crippen LogP contribution in [0, 0.1) is 35.0 Å². The van der Waals surface area contributed by atoms with E-state index in [1.807, 2.05) is 60.7 Å². The molecule has 0 N–H and O–H groups in total. The summed E-state index contributed by atoms with van der Waals surface area (Å²) in [7, 11) is 0. The molecule has 0 unspecified atom stereocenters. The summed E-state index contributed by atoms with van der Waals surface area (Å²) in [5.41, 5.74) is 13.9. The highest BCUT2D eigenvalue weighted by Crippen LogP contribution is 2.70. The Labute approximate surface area is 338 Å². The van der Waals surface area contributed by atoms with Crippen molar-refractivity contribution >= 4 is 10.8 Å². The zero-order valence-electron chi connectivity index (χ0n) is 32.1. The third-order valence-electron chi connectivity index (χ3n) is 14.1. The van der Waals surface area contributed by atoms with E-state index in [4.69, 9.17) is 15.0 Å². The number of hydrogen-bond donors (Lipinski definition) is 0. The van der Waals surface area contributed by atoms with Crippen molar-refractivity contribution < 1.29 is 0 Å². The predicted molar refractivity (Wildman–Crippen MR) is 232 cm³/mol. The van der Waals surface area contributed by atoms with Gasteiger partial charge in [0.1, 0.15) is 0 Å². The van der Waals surface area contributed by atoms with Gasteiger partial charge in [-0.25, -0.2) is 15.0 Å². The van der Waals surface area contributed by atoms with Gasteiger partial charge in [0.25, 0.3) is 0 Å². The monoisotopic (exact) mass is 744 g/mol. The number of aromatic nitrogens is 3.